The maximum atomic E-state index is 11.8. The molecule has 1 saturated heterocycles. The first-order valence-electron chi connectivity index (χ1n) is 6.33. The zero-order valence-electron chi connectivity index (χ0n) is 11.1. The first-order valence-corrected chi connectivity index (χ1v) is 7.57. The molecular formula is C13H22INO2. The number of carbonyl (C=O) groups is 1. The fraction of sp³-hybridized carbons (Fsp3) is 0.923. The number of nitrogens with zero attached hydrogens (tertiary/aromatic N) is 1. The summed E-state index contributed by atoms with van der Waals surface area (Å²) in [6, 6.07) is 0. The highest BCUT2D eigenvalue weighted by atomic mass is 127. The Labute approximate surface area is 117 Å². The molecule has 0 aromatic rings. The van der Waals surface area contributed by atoms with E-state index in [1.54, 1.807) is 0 Å². The second kappa shape index (κ2) is 4.28. The number of rotatable bonds is 1. The number of likely N-dealkylation sites (tertiary alicyclic amines) is 1. The van der Waals surface area contributed by atoms with Gasteiger partial charge in [0.1, 0.15) is 5.60 Å². The van der Waals surface area contributed by atoms with E-state index < -0.39 is 0 Å². The van der Waals surface area contributed by atoms with E-state index in [1.807, 2.05) is 25.7 Å². The third kappa shape index (κ3) is 2.88. The molecule has 1 spiro atoms. The van der Waals surface area contributed by atoms with E-state index in [0.717, 1.165) is 22.9 Å². The Bertz CT molecular complexity index is 308. The predicted molar refractivity (Wildman–Crippen MR) is 76.4 cm³/mol. The zero-order valence-corrected chi connectivity index (χ0v) is 13.3. The predicted octanol–water partition coefficient (Wildman–Crippen LogP) is 3.46. The summed E-state index contributed by atoms with van der Waals surface area (Å²) in [6.45, 7) is 9.83. The van der Waals surface area contributed by atoms with E-state index in [4.69, 9.17) is 4.74 Å². The molecule has 17 heavy (non-hydrogen) atoms. The van der Waals surface area contributed by atoms with E-state index >= 15 is 0 Å². The molecule has 0 aromatic carbocycles. The average molecular weight is 351 g/mol. The van der Waals surface area contributed by atoms with Gasteiger partial charge in [0.15, 0.2) is 0 Å². The zero-order chi connectivity index (χ0) is 12.8. The Kier molecular flexibility index (Phi) is 3.38. The molecule has 0 bridgehead atoms. The summed E-state index contributed by atoms with van der Waals surface area (Å²) < 4.78 is 6.12. The second-order valence-electron chi connectivity index (χ2n) is 6.68. The van der Waals surface area contributed by atoms with Gasteiger partial charge in [-0.25, -0.2) is 4.79 Å². The number of alkyl halides is 1. The molecule has 2 fully saturated rings. The van der Waals surface area contributed by atoms with E-state index in [2.05, 4.69) is 29.5 Å². The van der Waals surface area contributed by atoms with E-state index in [1.165, 1.54) is 12.8 Å². The minimum absolute atomic E-state index is 0.144. The van der Waals surface area contributed by atoms with Crippen molar-refractivity contribution >= 4 is 28.7 Å². The largest absolute Gasteiger partial charge is 0.444 e. The van der Waals surface area contributed by atoms with Gasteiger partial charge in [0.25, 0.3) is 0 Å². The van der Waals surface area contributed by atoms with Crippen LogP contribution < -0.4 is 0 Å². The Morgan fingerprint density at radius 2 is 1.94 bits per heavy atom. The summed E-state index contributed by atoms with van der Waals surface area (Å²) in [5.41, 5.74) is 0.0692. The normalized spacial score (nSPS) is 25.1. The van der Waals surface area contributed by atoms with Crippen LogP contribution in [-0.2, 0) is 4.74 Å². The lowest BCUT2D eigenvalue weighted by Gasteiger charge is -2.59. The third-order valence-corrected chi connectivity index (χ3v) is 4.76. The van der Waals surface area contributed by atoms with Gasteiger partial charge in [-0.05, 0) is 39.5 Å². The molecule has 98 valence electrons. The maximum Gasteiger partial charge on any atom is 0.410 e. The van der Waals surface area contributed by atoms with Crippen LogP contribution in [0, 0.1) is 11.3 Å². The molecule has 1 amide bonds. The first kappa shape index (κ1) is 13.4. The third-order valence-electron chi connectivity index (χ3n) is 3.74. The topological polar surface area (TPSA) is 29.5 Å². The molecule has 0 aromatic heterocycles. The van der Waals surface area contributed by atoms with Crippen LogP contribution in [0.3, 0.4) is 0 Å². The SMILES string of the molecule is CC(I)C1CC2(C1)CN(C(=O)OC(C)(C)C)C2. The van der Waals surface area contributed by atoms with Crippen molar-refractivity contribution in [1.29, 1.82) is 0 Å². The number of hydrogen-bond acceptors (Lipinski definition) is 2. The molecular weight excluding hydrogens is 329 g/mol. The van der Waals surface area contributed by atoms with Crippen molar-refractivity contribution in [3.63, 3.8) is 0 Å². The van der Waals surface area contributed by atoms with E-state index in [-0.39, 0.29) is 11.7 Å². The van der Waals surface area contributed by atoms with Crippen LogP contribution >= 0.6 is 22.6 Å². The summed E-state index contributed by atoms with van der Waals surface area (Å²) >= 11 is 2.51. The van der Waals surface area contributed by atoms with Crippen molar-refractivity contribution in [1.82, 2.24) is 4.90 Å². The van der Waals surface area contributed by atoms with Crippen molar-refractivity contribution in [3.05, 3.63) is 0 Å². The molecule has 1 aliphatic heterocycles. The molecule has 1 atom stereocenters. The second-order valence-corrected chi connectivity index (χ2v) is 8.65. The number of amides is 1. The summed E-state index contributed by atoms with van der Waals surface area (Å²) in [5.74, 6) is 0.858. The molecule has 1 saturated carbocycles. The molecule has 0 radical (unpaired) electrons. The van der Waals surface area contributed by atoms with Crippen LogP contribution in [0.4, 0.5) is 4.79 Å². The molecule has 2 rings (SSSR count). The lowest BCUT2D eigenvalue weighted by atomic mass is 9.57. The first-order chi connectivity index (χ1) is 7.71. The molecule has 2 aliphatic rings. The maximum absolute atomic E-state index is 11.8. The van der Waals surface area contributed by atoms with Gasteiger partial charge in [0.05, 0.1) is 0 Å². The Morgan fingerprint density at radius 1 is 1.41 bits per heavy atom. The van der Waals surface area contributed by atoms with Crippen molar-refractivity contribution < 1.29 is 9.53 Å². The minimum Gasteiger partial charge on any atom is -0.444 e. The monoisotopic (exact) mass is 351 g/mol. The lowest BCUT2D eigenvalue weighted by Crippen LogP contribution is -2.64. The molecule has 1 unspecified atom stereocenters. The van der Waals surface area contributed by atoms with Gasteiger partial charge in [-0.1, -0.05) is 29.5 Å². The Hall–Kier alpha value is 0. The lowest BCUT2D eigenvalue weighted by molar-refractivity contribution is -0.0934. The molecule has 1 aliphatic carbocycles. The van der Waals surface area contributed by atoms with Gasteiger partial charge < -0.3 is 9.64 Å². The fourth-order valence-electron chi connectivity index (χ4n) is 2.85. The smallest absolute Gasteiger partial charge is 0.410 e. The van der Waals surface area contributed by atoms with Crippen LogP contribution in [0.2, 0.25) is 0 Å². The Morgan fingerprint density at radius 3 is 2.35 bits per heavy atom. The fourth-order valence-corrected chi connectivity index (χ4v) is 3.36. The van der Waals surface area contributed by atoms with Crippen LogP contribution in [0.1, 0.15) is 40.5 Å². The highest BCUT2D eigenvalue weighted by molar-refractivity contribution is 14.1. The van der Waals surface area contributed by atoms with Crippen LogP contribution in [0.15, 0.2) is 0 Å². The highest BCUT2D eigenvalue weighted by Crippen LogP contribution is 2.54. The standard InChI is InChI=1S/C13H22INO2/c1-9(14)10-5-13(6-10)7-15(8-13)11(16)17-12(2,3)4/h9-10H,5-8H2,1-4H3. The van der Waals surface area contributed by atoms with Gasteiger partial charge >= 0.3 is 6.09 Å². The minimum atomic E-state index is -0.376. The number of ether oxygens (including phenoxy) is 1. The van der Waals surface area contributed by atoms with Gasteiger partial charge in [-0.2, -0.15) is 0 Å². The number of halogens is 1. The van der Waals surface area contributed by atoms with Gasteiger partial charge in [0, 0.05) is 22.4 Å². The molecule has 3 nitrogen and oxygen atoms in total. The molecule has 4 heteroatoms. The molecule has 1 heterocycles. The van der Waals surface area contributed by atoms with Crippen LogP contribution in [-0.4, -0.2) is 33.6 Å². The summed E-state index contributed by atoms with van der Waals surface area (Å²) in [4.78, 5) is 13.6. The van der Waals surface area contributed by atoms with E-state index in [9.17, 15) is 4.79 Å². The summed E-state index contributed by atoms with van der Waals surface area (Å²) in [5, 5.41) is 0. The van der Waals surface area contributed by atoms with Crippen molar-refractivity contribution in [2.75, 3.05) is 13.1 Å². The van der Waals surface area contributed by atoms with Gasteiger partial charge in [0.2, 0.25) is 0 Å². The quantitative estimate of drug-likeness (QED) is 0.535. The highest BCUT2D eigenvalue weighted by Gasteiger charge is 2.54. The Balaban J connectivity index is 1.75. The number of hydrogen-bond donors (Lipinski definition) is 0. The van der Waals surface area contributed by atoms with Crippen LogP contribution in [0.25, 0.3) is 0 Å². The van der Waals surface area contributed by atoms with Gasteiger partial charge in [-0.15, -0.1) is 0 Å². The van der Waals surface area contributed by atoms with E-state index in [0.29, 0.717) is 5.41 Å². The van der Waals surface area contributed by atoms with Crippen molar-refractivity contribution in [3.8, 4) is 0 Å². The van der Waals surface area contributed by atoms with Gasteiger partial charge in [-0.3, -0.25) is 0 Å². The summed E-state index contributed by atoms with van der Waals surface area (Å²) in [7, 11) is 0. The average Bonchev–Trinajstić information content (AvgIpc) is 1.93. The number of carbonyl (C=O) groups excluding carboxylic acids is 1. The molecule has 0 N–H and O–H groups in total. The van der Waals surface area contributed by atoms with Crippen molar-refractivity contribution in [2.24, 2.45) is 11.3 Å². The van der Waals surface area contributed by atoms with Crippen molar-refractivity contribution in [2.45, 2.75) is 50.1 Å². The summed E-state index contributed by atoms with van der Waals surface area (Å²) in [6.07, 6.45) is 2.43. The van der Waals surface area contributed by atoms with Crippen LogP contribution in [0.5, 0.6) is 0 Å².